The van der Waals surface area contributed by atoms with Gasteiger partial charge in [-0.1, -0.05) is 30.3 Å². The van der Waals surface area contributed by atoms with Crippen LogP contribution in [0.4, 0.5) is 5.00 Å². The van der Waals surface area contributed by atoms with Gasteiger partial charge in [0.05, 0.1) is 25.4 Å². The number of ether oxygens (including phenoxy) is 1. The number of carbonyl (C=O) groups is 2. The van der Waals surface area contributed by atoms with Crippen molar-refractivity contribution in [2.45, 2.75) is 32.1 Å². The van der Waals surface area contributed by atoms with Gasteiger partial charge in [0.25, 0.3) is 5.91 Å². The second-order valence-electron chi connectivity index (χ2n) is 8.40. The number of rotatable bonds is 8. The molecule has 174 valence electrons. The molecule has 0 radical (unpaired) electrons. The van der Waals surface area contributed by atoms with Crippen LogP contribution in [0.2, 0.25) is 0 Å². The van der Waals surface area contributed by atoms with E-state index in [1.54, 1.807) is 13.4 Å². The van der Waals surface area contributed by atoms with E-state index < -0.39 is 0 Å². The maximum Gasteiger partial charge on any atom is 0.254 e. The van der Waals surface area contributed by atoms with E-state index in [1.807, 2.05) is 36.4 Å². The fourth-order valence-electron chi connectivity index (χ4n) is 4.45. The summed E-state index contributed by atoms with van der Waals surface area (Å²) >= 11 is 1.52. The maximum atomic E-state index is 13.1. The maximum absolute atomic E-state index is 13.1. The van der Waals surface area contributed by atoms with Gasteiger partial charge in [-0.3, -0.25) is 9.59 Å². The molecule has 0 unspecified atom stereocenters. The summed E-state index contributed by atoms with van der Waals surface area (Å²) in [6, 6.07) is 15.6. The van der Waals surface area contributed by atoms with Gasteiger partial charge in [0.1, 0.15) is 16.3 Å². The monoisotopic (exact) mass is 474 g/mol. The lowest BCUT2D eigenvalue weighted by Gasteiger charge is -2.10. The molecule has 2 aromatic carbocycles. The Hall–Kier alpha value is -3.58. The average Bonchev–Trinajstić information content (AvgIpc) is 3.54. The Labute approximate surface area is 201 Å². The van der Waals surface area contributed by atoms with Gasteiger partial charge in [-0.15, -0.1) is 11.3 Å². The minimum absolute atomic E-state index is 0.121. The summed E-state index contributed by atoms with van der Waals surface area (Å²) in [5.41, 5.74) is 4.37. The summed E-state index contributed by atoms with van der Waals surface area (Å²) in [5, 5.41) is 7.54. The molecule has 6 nitrogen and oxygen atoms in total. The van der Waals surface area contributed by atoms with Crippen molar-refractivity contribution >= 4 is 39.1 Å². The highest BCUT2D eigenvalue weighted by Gasteiger charge is 2.27. The predicted molar refractivity (Wildman–Crippen MR) is 134 cm³/mol. The Morgan fingerprint density at radius 3 is 2.79 bits per heavy atom. The third kappa shape index (κ3) is 4.56. The summed E-state index contributed by atoms with van der Waals surface area (Å²) in [6.07, 6.45) is 5.38. The normalized spacial score (nSPS) is 12.5. The summed E-state index contributed by atoms with van der Waals surface area (Å²) < 4.78 is 10.9. The summed E-state index contributed by atoms with van der Waals surface area (Å²) in [7, 11) is 1.61. The third-order valence-electron chi connectivity index (χ3n) is 6.16. The Balaban J connectivity index is 1.30. The standard InChI is InChI=1S/C27H26N2O4S/c1-32-19-10-11-22-21(15-19)18(16-33-22)14-24(30)29-27-25(20-8-5-9-23(20)34-27)26(31)28-13-12-17-6-3-2-4-7-17/h2-4,6-7,10-11,15-16H,5,8-9,12-14H2,1H3,(H,28,31)(H,29,30). The molecule has 0 bridgehead atoms. The first-order valence-electron chi connectivity index (χ1n) is 11.4. The van der Waals surface area contributed by atoms with Crippen molar-refractivity contribution in [1.29, 1.82) is 0 Å². The first-order valence-corrected chi connectivity index (χ1v) is 12.2. The lowest BCUT2D eigenvalue weighted by Crippen LogP contribution is -2.27. The number of furan rings is 1. The predicted octanol–water partition coefficient (Wildman–Crippen LogP) is 5.15. The molecule has 5 rings (SSSR count). The molecule has 0 spiro atoms. The second kappa shape index (κ2) is 9.73. The Morgan fingerprint density at radius 2 is 1.97 bits per heavy atom. The molecule has 4 aromatic rings. The van der Waals surface area contributed by atoms with Crippen molar-refractivity contribution in [1.82, 2.24) is 5.32 Å². The fraction of sp³-hybridized carbons (Fsp3) is 0.259. The molecule has 7 heteroatoms. The fourth-order valence-corrected chi connectivity index (χ4v) is 5.76. The molecule has 0 fully saturated rings. The van der Waals surface area contributed by atoms with Gasteiger partial charge in [0.15, 0.2) is 0 Å². The summed E-state index contributed by atoms with van der Waals surface area (Å²) in [4.78, 5) is 27.3. The van der Waals surface area contributed by atoms with E-state index in [0.717, 1.165) is 42.2 Å². The van der Waals surface area contributed by atoms with Crippen LogP contribution in [0.5, 0.6) is 5.75 Å². The number of anilines is 1. The minimum atomic E-state index is -0.177. The van der Waals surface area contributed by atoms with Crippen LogP contribution in [0.3, 0.4) is 0 Å². The third-order valence-corrected chi connectivity index (χ3v) is 7.36. The van der Waals surface area contributed by atoms with Crippen LogP contribution in [0.1, 0.15) is 38.3 Å². The van der Waals surface area contributed by atoms with Crippen LogP contribution in [0.25, 0.3) is 11.0 Å². The SMILES string of the molecule is COc1ccc2occ(CC(=O)Nc3sc4c(c3C(=O)NCCc3ccccc3)CCC4)c2c1. The Kier molecular flexibility index (Phi) is 6.36. The second-order valence-corrected chi connectivity index (χ2v) is 9.51. The summed E-state index contributed by atoms with van der Waals surface area (Å²) in [6.45, 7) is 0.545. The Bertz CT molecular complexity index is 1340. The van der Waals surface area contributed by atoms with Crippen LogP contribution in [-0.2, 0) is 30.5 Å². The number of fused-ring (bicyclic) bond motifs is 2. The van der Waals surface area contributed by atoms with Crippen LogP contribution in [-0.4, -0.2) is 25.5 Å². The van der Waals surface area contributed by atoms with Gasteiger partial charge in [-0.25, -0.2) is 0 Å². The van der Waals surface area contributed by atoms with Crippen molar-refractivity contribution < 1.29 is 18.7 Å². The van der Waals surface area contributed by atoms with Crippen molar-refractivity contribution in [3.63, 3.8) is 0 Å². The molecule has 0 atom stereocenters. The van der Waals surface area contributed by atoms with Crippen LogP contribution in [0, 0.1) is 0 Å². The summed E-state index contributed by atoms with van der Waals surface area (Å²) in [5.74, 6) is 0.410. The first kappa shape index (κ1) is 22.2. The van der Waals surface area contributed by atoms with E-state index in [9.17, 15) is 9.59 Å². The lowest BCUT2D eigenvalue weighted by atomic mass is 10.1. The number of nitrogens with one attached hydrogen (secondary N) is 2. The van der Waals surface area contributed by atoms with Crippen molar-refractivity contribution in [3.8, 4) is 5.75 Å². The molecule has 1 aliphatic carbocycles. The number of methoxy groups -OCH3 is 1. The average molecular weight is 475 g/mol. The smallest absolute Gasteiger partial charge is 0.254 e. The van der Waals surface area contributed by atoms with E-state index in [1.165, 1.54) is 21.8 Å². The lowest BCUT2D eigenvalue weighted by molar-refractivity contribution is -0.115. The zero-order valence-corrected chi connectivity index (χ0v) is 19.8. The molecule has 2 aromatic heterocycles. The number of hydrogen-bond acceptors (Lipinski definition) is 5. The van der Waals surface area contributed by atoms with Gasteiger partial charge in [-0.2, -0.15) is 0 Å². The number of thiophene rings is 1. The van der Waals surface area contributed by atoms with E-state index in [2.05, 4.69) is 22.8 Å². The van der Waals surface area contributed by atoms with Gasteiger partial charge in [0, 0.05) is 22.4 Å². The Morgan fingerprint density at radius 1 is 1.12 bits per heavy atom. The van der Waals surface area contributed by atoms with Crippen molar-refractivity contribution in [3.05, 3.63) is 81.9 Å². The highest BCUT2D eigenvalue weighted by Crippen LogP contribution is 2.39. The molecule has 34 heavy (non-hydrogen) atoms. The zero-order chi connectivity index (χ0) is 23.5. The molecule has 2 heterocycles. The first-order chi connectivity index (χ1) is 16.6. The largest absolute Gasteiger partial charge is 0.497 e. The molecular weight excluding hydrogens is 448 g/mol. The van der Waals surface area contributed by atoms with Gasteiger partial charge < -0.3 is 19.8 Å². The van der Waals surface area contributed by atoms with E-state index in [-0.39, 0.29) is 18.2 Å². The topological polar surface area (TPSA) is 80.6 Å². The molecule has 2 N–H and O–H groups in total. The number of hydrogen-bond donors (Lipinski definition) is 2. The number of aryl methyl sites for hydroxylation is 1. The van der Waals surface area contributed by atoms with Crippen LogP contribution < -0.4 is 15.4 Å². The van der Waals surface area contributed by atoms with Gasteiger partial charge in [0.2, 0.25) is 5.91 Å². The van der Waals surface area contributed by atoms with Crippen LogP contribution >= 0.6 is 11.3 Å². The van der Waals surface area contributed by atoms with Crippen LogP contribution in [0.15, 0.2) is 59.2 Å². The molecule has 0 saturated heterocycles. The molecule has 0 aliphatic heterocycles. The van der Waals surface area contributed by atoms with Gasteiger partial charge >= 0.3 is 0 Å². The molecular formula is C27H26N2O4S. The molecule has 1 aliphatic rings. The van der Waals surface area contributed by atoms with E-state index in [0.29, 0.717) is 28.4 Å². The minimum Gasteiger partial charge on any atom is -0.497 e. The number of amides is 2. The number of carbonyl (C=O) groups excluding carboxylic acids is 2. The number of benzene rings is 2. The van der Waals surface area contributed by atoms with Crippen molar-refractivity contribution in [2.75, 3.05) is 19.0 Å². The highest BCUT2D eigenvalue weighted by atomic mass is 32.1. The highest BCUT2D eigenvalue weighted by molar-refractivity contribution is 7.17. The van der Waals surface area contributed by atoms with E-state index in [4.69, 9.17) is 9.15 Å². The molecule has 0 saturated carbocycles. The quantitative estimate of drug-likeness (QED) is 0.370. The van der Waals surface area contributed by atoms with Crippen molar-refractivity contribution in [2.24, 2.45) is 0 Å². The van der Waals surface area contributed by atoms with E-state index >= 15 is 0 Å². The van der Waals surface area contributed by atoms with Gasteiger partial charge in [-0.05, 0) is 55.0 Å². The molecule has 2 amide bonds. The zero-order valence-electron chi connectivity index (χ0n) is 19.0.